The number of hydrogen-bond acceptors (Lipinski definition) is 4. The molecule has 2 N–H and O–H groups in total. The standard InChI is InChI=1S/C15H16NO5P/c1-11(15(17)18)13-8-5-9-16-14(13)21-22(19,20)10-12-6-3-2-4-7-12/h2-9,11H,10H2,1H3,(H,17,18)(H,19,20). The SMILES string of the molecule is CC(C(=O)O)c1cccnc1OP(=O)(O)Cc1ccccc1. The van der Waals surface area contributed by atoms with Crippen LogP contribution >= 0.6 is 7.60 Å². The Labute approximate surface area is 127 Å². The lowest BCUT2D eigenvalue weighted by Gasteiger charge is -2.16. The van der Waals surface area contributed by atoms with Crippen LogP contribution in [0.5, 0.6) is 5.88 Å². The maximum Gasteiger partial charge on any atom is 0.382 e. The highest BCUT2D eigenvalue weighted by molar-refractivity contribution is 7.52. The zero-order chi connectivity index (χ0) is 16.2. The number of carbonyl (C=O) groups is 1. The molecule has 2 aromatic rings. The molecule has 1 aromatic carbocycles. The molecule has 6 nitrogen and oxygen atoms in total. The lowest BCUT2D eigenvalue weighted by molar-refractivity contribution is -0.138. The summed E-state index contributed by atoms with van der Waals surface area (Å²) in [6.07, 6.45) is 1.21. The molecule has 1 heterocycles. The fourth-order valence-electron chi connectivity index (χ4n) is 1.92. The maximum absolute atomic E-state index is 12.2. The number of pyridine rings is 1. The van der Waals surface area contributed by atoms with Crippen LogP contribution in [0.25, 0.3) is 0 Å². The molecule has 0 saturated heterocycles. The molecule has 0 spiro atoms. The summed E-state index contributed by atoms with van der Waals surface area (Å²) in [7, 11) is -3.99. The van der Waals surface area contributed by atoms with Gasteiger partial charge < -0.3 is 14.5 Å². The summed E-state index contributed by atoms with van der Waals surface area (Å²) < 4.78 is 17.4. The smallest absolute Gasteiger partial charge is 0.382 e. The van der Waals surface area contributed by atoms with Crippen LogP contribution in [0.3, 0.4) is 0 Å². The number of hydrogen-bond donors (Lipinski definition) is 2. The second kappa shape index (κ2) is 6.73. The average Bonchev–Trinajstić information content (AvgIpc) is 2.47. The molecule has 0 fully saturated rings. The Morgan fingerprint density at radius 1 is 1.27 bits per heavy atom. The number of rotatable bonds is 6. The Hall–Kier alpha value is -2.17. The highest BCUT2D eigenvalue weighted by Crippen LogP contribution is 2.46. The van der Waals surface area contributed by atoms with E-state index in [1.165, 1.54) is 19.2 Å². The fraction of sp³-hybridized carbons (Fsp3) is 0.200. The van der Waals surface area contributed by atoms with Crippen LogP contribution in [0.4, 0.5) is 0 Å². The molecule has 1 aromatic heterocycles. The minimum atomic E-state index is -3.99. The highest BCUT2D eigenvalue weighted by atomic mass is 31.2. The van der Waals surface area contributed by atoms with Crippen molar-refractivity contribution in [2.75, 3.05) is 0 Å². The molecule has 0 saturated carbocycles. The molecule has 2 unspecified atom stereocenters. The first-order chi connectivity index (χ1) is 10.4. The number of aliphatic carboxylic acids is 1. The fourth-order valence-corrected chi connectivity index (χ4v) is 3.08. The number of carboxylic acid groups (broad SMARTS) is 1. The molecule has 0 aliphatic heterocycles. The largest absolute Gasteiger partial charge is 0.481 e. The molecule has 22 heavy (non-hydrogen) atoms. The molecule has 116 valence electrons. The van der Waals surface area contributed by atoms with Crippen LogP contribution in [0.1, 0.15) is 24.0 Å². The van der Waals surface area contributed by atoms with Crippen molar-refractivity contribution < 1.29 is 23.9 Å². The van der Waals surface area contributed by atoms with Crippen molar-refractivity contribution in [1.29, 1.82) is 0 Å². The van der Waals surface area contributed by atoms with E-state index in [1.54, 1.807) is 36.4 Å². The summed E-state index contributed by atoms with van der Waals surface area (Å²) in [6, 6.07) is 11.8. The van der Waals surface area contributed by atoms with Crippen molar-refractivity contribution in [3.63, 3.8) is 0 Å². The number of carboxylic acids is 1. The number of benzene rings is 1. The molecule has 7 heteroatoms. The van der Waals surface area contributed by atoms with Crippen molar-refractivity contribution in [1.82, 2.24) is 4.98 Å². The molecular formula is C15H16NO5P. The van der Waals surface area contributed by atoms with Crippen molar-refractivity contribution in [2.45, 2.75) is 19.0 Å². The van der Waals surface area contributed by atoms with E-state index in [-0.39, 0.29) is 17.6 Å². The van der Waals surface area contributed by atoms with E-state index in [4.69, 9.17) is 9.63 Å². The van der Waals surface area contributed by atoms with Gasteiger partial charge in [-0.05, 0) is 18.6 Å². The monoisotopic (exact) mass is 321 g/mol. The quantitative estimate of drug-likeness (QED) is 0.794. The molecule has 0 amide bonds. The average molecular weight is 321 g/mol. The van der Waals surface area contributed by atoms with Crippen LogP contribution in [-0.4, -0.2) is 21.0 Å². The number of aromatic nitrogens is 1. The zero-order valence-corrected chi connectivity index (χ0v) is 12.8. The highest BCUT2D eigenvalue weighted by Gasteiger charge is 2.26. The minimum Gasteiger partial charge on any atom is -0.481 e. The van der Waals surface area contributed by atoms with E-state index in [2.05, 4.69) is 4.98 Å². The topological polar surface area (TPSA) is 96.7 Å². The van der Waals surface area contributed by atoms with Crippen molar-refractivity contribution in [2.24, 2.45) is 0 Å². The Morgan fingerprint density at radius 3 is 2.59 bits per heavy atom. The van der Waals surface area contributed by atoms with Gasteiger partial charge in [-0.25, -0.2) is 9.55 Å². The second-order valence-electron chi connectivity index (χ2n) is 4.83. The predicted octanol–water partition coefficient (Wildman–Crippen LogP) is 3.03. The Bertz CT molecular complexity index is 704. The van der Waals surface area contributed by atoms with Crippen molar-refractivity contribution >= 4 is 13.6 Å². The lowest BCUT2D eigenvalue weighted by atomic mass is 10.0. The van der Waals surface area contributed by atoms with Gasteiger partial charge in [0, 0.05) is 11.8 Å². The third-order valence-electron chi connectivity index (χ3n) is 3.09. The van der Waals surface area contributed by atoms with Gasteiger partial charge in [-0.15, -0.1) is 0 Å². The third-order valence-corrected chi connectivity index (χ3v) is 4.31. The van der Waals surface area contributed by atoms with Crippen molar-refractivity contribution in [3.8, 4) is 5.88 Å². The molecule has 0 aliphatic rings. The maximum atomic E-state index is 12.2. The van der Waals surface area contributed by atoms with E-state index in [9.17, 15) is 14.3 Å². The molecule has 0 aliphatic carbocycles. The predicted molar refractivity (Wildman–Crippen MR) is 80.9 cm³/mol. The third kappa shape index (κ3) is 4.16. The van der Waals surface area contributed by atoms with E-state index < -0.39 is 19.5 Å². The van der Waals surface area contributed by atoms with Crippen molar-refractivity contribution in [3.05, 3.63) is 59.8 Å². The Morgan fingerprint density at radius 2 is 1.95 bits per heavy atom. The van der Waals surface area contributed by atoms with E-state index >= 15 is 0 Å². The molecule has 2 rings (SSSR count). The molecule has 2 atom stereocenters. The second-order valence-corrected chi connectivity index (χ2v) is 6.60. The van der Waals surface area contributed by atoms with Gasteiger partial charge in [0.15, 0.2) is 0 Å². The first-order valence-electron chi connectivity index (χ1n) is 6.62. The molecule has 0 bridgehead atoms. The summed E-state index contributed by atoms with van der Waals surface area (Å²) in [4.78, 5) is 25.0. The van der Waals surface area contributed by atoms with Gasteiger partial charge >= 0.3 is 13.6 Å². The molecule has 0 radical (unpaired) electrons. The van der Waals surface area contributed by atoms with Crippen LogP contribution < -0.4 is 4.52 Å². The van der Waals surface area contributed by atoms with Crippen LogP contribution in [0.15, 0.2) is 48.7 Å². The van der Waals surface area contributed by atoms with E-state index in [0.29, 0.717) is 5.56 Å². The van der Waals surface area contributed by atoms with E-state index in [0.717, 1.165) is 0 Å². The minimum absolute atomic E-state index is 0.126. The lowest BCUT2D eigenvalue weighted by Crippen LogP contribution is -2.10. The van der Waals surface area contributed by atoms with Gasteiger partial charge in [-0.2, -0.15) is 0 Å². The number of nitrogens with zero attached hydrogens (tertiary/aromatic N) is 1. The van der Waals surface area contributed by atoms with Gasteiger partial charge in [0.2, 0.25) is 5.88 Å². The van der Waals surface area contributed by atoms with Gasteiger partial charge in [0.25, 0.3) is 0 Å². The first-order valence-corrected chi connectivity index (χ1v) is 8.38. The van der Waals surface area contributed by atoms with Gasteiger partial charge in [0.05, 0.1) is 12.1 Å². The Balaban J connectivity index is 2.23. The van der Waals surface area contributed by atoms with Gasteiger partial charge in [-0.3, -0.25) is 4.79 Å². The van der Waals surface area contributed by atoms with Crippen LogP contribution in [0.2, 0.25) is 0 Å². The molecular weight excluding hydrogens is 305 g/mol. The summed E-state index contributed by atoms with van der Waals surface area (Å²) >= 11 is 0. The van der Waals surface area contributed by atoms with Gasteiger partial charge in [-0.1, -0.05) is 36.4 Å². The normalized spacial score (nSPS) is 14.8. The van der Waals surface area contributed by atoms with Gasteiger partial charge in [0.1, 0.15) is 0 Å². The summed E-state index contributed by atoms with van der Waals surface area (Å²) in [5, 5.41) is 9.08. The van der Waals surface area contributed by atoms with Crippen LogP contribution in [-0.2, 0) is 15.5 Å². The van der Waals surface area contributed by atoms with Crippen LogP contribution in [0, 0.1) is 0 Å². The Kier molecular flexibility index (Phi) is 4.96. The summed E-state index contributed by atoms with van der Waals surface area (Å²) in [5.74, 6) is -2.08. The zero-order valence-electron chi connectivity index (χ0n) is 11.9. The first kappa shape index (κ1) is 16.2. The summed E-state index contributed by atoms with van der Waals surface area (Å²) in [5.41, 5.74) is 0.912. The van der Waals surface area contributed by atoms with E-state index in [1.807, 2.05) is 0 Å². The summed E-state index contributed by atoms with van der Waals surface area (Å²) in [6.45, 7) is 1.46.